The number of allylic oxidation sites excluding steroid dienone is 1. The van der Waals surface area contributed by atoms with Crippen molar-refractivity contribution in [1.29, 1.82) is 0 Å². The average Bonchev–Trinajstić information content (AvgIpc) is 2.17. The first-order valence-electron chi connectivity index (χ1n) is 4.25. The van der Waals surface area contributed by atoms with Crippen LogP contribution in [0.2, 0.25) is 0 Å². The van der Waals surface area contributed by atoms with Crippen LogP contribution in [0.15, 0.2) is 11.6 Å². The fraction of sp³-hybridized carbons (Fsp3) is 0.667. The van der Waals surface area contributed by atoms with Gasteiger partial charge in [-0.05, 0) is 31.7 Å². The molecular weight excluding hydrogens is 154 g/mol. The largest absolute Gasteiger partial charge is 0.466 e. The van der Waals surface area contributed by atoms with Crippen LogP contribution in [0.25, 0.3) is 0 Å². The Morgan fingerprint density at radius 3 is 3.00 bits per heavy atom. The van der Waals surface area contributed by atoms with Crippen LogP contribution < -0.4 is 5.73 Å². The van der Waals surface area contributed by atoms with Crippen LogP contribution in [0.4, 0.5) is 0 Å². The Morgan fingerprint density at radius 1 is 1.83 bits per heavy atom. The lowest BCUT2D eigenvalue weighted by molar-refractivity contribution is -0.136. The highest BCUT2D eigenvalue weighted by Gasteiger charge is 2.17. The number of ether oxygens (including phenoxy) is 1. The molecule has 1 aliphatic carbocycles. The molecule has 0 heterocycles. The maximum atomic E-state index is 11.0. The molecular formula is C9H15NO2. The third-order valence-electron chi connectivity index (χ3n) is 2.30. The smallest absolute Gasteiger partial charge is 0.333 e. The fourth-order valence-electron chi connectivity index (χ4n) is 1.42. The Bertz CT molecular complexity index is 199. The molecule has 0 aromatic carbocycles. The van der Waals surface area contributed by atoms with Crippen LogP contribution in [0.3, 0.4) is 0 Å². The standard InChI is InChI=1S/C9H15NO2/c1-12-9(11)8-4-2-7(6-10)3-5-8/h4,7H,2-3,5-6,10H2,1H3. The van der Waals surface area contributed by atoms with E-state index >= 15 is 0 Å². The fourth-order valence-corrected chi connectivity index (χ4v) is 1.42. The summed E-state index contributed by atoms with van der Waals surface area (Å²) in [6, 6.07) is 0. The highest BCUT2D eigenvalue weighted by atomic mass is 16.5. The molecule has 0 aliphatic heterocycles. The van der Waals surface area contributed by atoms with E-state index in [9.17, 15) is 4.79 Å². The van der Waals surface area contributed by atoms with Gasteiger partial charge in [-0.3, -0.25) is 0 Å². The van der Waals surface area contributed by atoms with Crippen molar-refractivity contribution in [2.24, 2.45) is 11.7 Å². The monoisotopic (exact) mass is 169 g/mol. The van der Waals surface area contributed by atoms with E-state index < -0.39 is 0 Å². The molecule has 0 amide bonds. The Labute approximate surface area is 72.6 Å². The first-order chi connectivity index (χ1) is 5.77. The Kier molecular flexibility index (Phi) is 3.29. The van der Waals surface area contributed by atoms with Gasteiger partial charge in [0.15, 0.2) is 0 Å². The van der Waals surface area contributed by atoms with Crippen molar-refractivity contribution >= 4 is 5.97 Å². The van der Waals surface area contributed by atoms with Crippen molar-refractivity contribution in [1.82, 2.24) is 0 Å². The molecule has 1 atom stereocenters. The summed E-state index contributed by atoms with van der Waals surface area (Å²) in [5.41, 5.74) is 6.32. The van der Waals surface area contributed by atoms with Gasteiger partial charge in [-0.2, -0.15) is 0 Å². The van der Waals surface area contributed by atoms with Crippen molar-refractivity contribution in [2.45, 2.75) is 19.3 Å². The van der Waals surface area contributed by atoms with E-state index in [4.69, 9.17) is 5.73 Å². The number of hydrogen-bond acceptors (Lipinski definition) is 3. The van der Waals surface area contributed by atoms with Crippen molar-refractivity contribution < 1.29 is 9.53 Å². The predicted molar refractivity (Wildman–Crippen MR) is 46.5 cm³/mol. The molecule has 0 aromatic rings. The Morgan fingerprint density at radius 2 is 2.58 bits per heavy atom. The summed E-state index contributed by atoms with van der Waals surface area (Å²) in [6.45, 7) is 0.713. The van der Waals surface area contributed by atoms with E-state index in [1.807, 2.05) is 6.08 Å². The summed E-state index contributed by atoms with van der Waals surface area (Å²) in [5, 5.41) is 0. The zero-order chi connectivity index (χ0) is 8.97. The molecule has 2 N–H and O–H groups in total. The van der Waals surface area contributed by atoms with Crippen LogP contribution in [0.5, 0.6) is 0 Å². The topological polar surface area (TPSA) is 52.3 Å². The molecule has 68 valence electrons. The minimum Gasteiger partial charge on any atom is -0.466 e. The molecule has 0 radical (unpaired) electrons. The van der Waals surface area contributed by atoms with Gasteiger partial charge in [-0.1, -0.05) is 6.08 Å². The van der Waals surface area contributed by atoms with Crippen LogP contribution in [0.1, 0.15) is 19.3 Å². The van der Waals surface area contributed by atoms with Crippen LogP contribution >= 0.6 is 0 Å². The summed E-state index contributed by atoms with van der Waals surface area (Å²) in [4.78, 5) is 11.0. The molecule has 1 rings (SSSR count). The van der Waals surface area contributed by atoms with Crippen molar-refractivity contribution in [2.75, 3.05) is 13.7 Å². The van der Waals surface area contributed by atoms with E-state index in [1.54, 1.807) is 0 Å². The van der Waals surface area contributed by atoms with E-state index in [0.717, 1.165) is 24.8 Å². The van der Waals surface area contributed by atoms with Gasteiger partial charge in [0.05, 0.1) is 7.11 Å². The van der Waals surface area contributed by atoms with Crippen LogP contribution in [0, 0.1) is 5.92 Å². The Hall–Kier alpha value is -0.830. The maximum absolute atomic E-state index is 11.0. The van der Waals surface area contributed by atoms with Gasteiger partial charge in [0.1, 0.15) is 0 Å². The first-order valence-corrected chi connectivity index (χ1v) is 4.25. The lowest BCUT2D eigenvalue weighted by Crippen LogP contribution is -2.19. The van der Waals surface area contributed by atoms with E-state index in [2.05, 4.69) is 4.74 Å². The molecule has 1 aliphatic rings. The number of methoxy groups -OCH3 is 1. The lowest BCUT2D eigenvalue weighted by Gasteiger charge is -2.18. The molecule has 0 bridgehead atoms. The van der Waals surface area contributed by atoms with E-state index in [-0.39, 0.29) is 5.97 Å². The molecule has 0 aromatic heterocycles. The highest BCUT2D eigenvalue weighted by molar-refractivity contribution is 5.88. The molecule has 0 saturated heterocycles. The normalized spacial score (nSPS) is 23.2. The average molecular weight is 169 g/mol. The quantitative estimate of drug-likeness (QED) is 0.623. The van der Waals surface area contributed by atoms with Gasteiger partial charge in [0.2, 0.25) is 0 Å². The molecule has 3 heteroatoms. The number of esters is 1. The van der Waals surface area contributed by atoms with Crippen LogP contribution in [-0.4, -0.2) is 19.6 Å². The van der Waals surface area contributed by atoms with E-state index in [1.165, 1.54) is 7.11 Å². The molecule has 0 spiro atoms. The molecule has 0 saturated carbocycles. The van der Waals surface area contributed by atoms with Gasteiger partial charge in [0, 0.05) is 5.57 Å². The minimum atomic E-state index is -0.189. The molecule has 3 nitrogen and oxygen atoms in total. The van der Waals surface area contributed by atoms with Crippen LogP contribution in [-0.2, 0) is 9.53 Å². The first kappa shape index (κ1) is 9.26. The van der Waals surface area contributed by atoms with Gasteiger partial charge in [0.25, 0.3) is 0 Å². The van der Waals surface area contributed by atoms with Gasteiger partial charge in [-0.15, -0.1) is 0 Å². The minimum absolute atomic E-state index is 0.189. The second kappa shape index (κ2) is 4.26. The number of carbonyl (C=O) groups is 1. The zero-order valence-corrected chi connectivity index (χ0v) is 7.38. The predicted octanol–water partition coefficient (Wildman–Crippen LogP) is 0.845. The van der Waals surface area contributed by atoms with Gasteiger partial charge >= 0.3 is 5.97 Å². The van der Waals surface area contributed by atoms with E-state index in [0.29, 0.717) is 12.5 Å². The molecule has 12 heavy (non-hydrogen) atoms. The second-order valence-corrected chi connectivity index (χ2v) is 3.10. The summed E-state index contributed by atoms with van der Waals surface area (Å²) in [6.07, 6.45) is 4.69. The SMILES string of the molecule is COC(=O)C1=CCC(CN)CC1. The third kappa shape index (κ3) is 2.08. The Balaban J connectivity index is 2.49. The third-order valence-corrected chi connectivity index (χ3v) is 2.30. The highest BCUT2D eigenvalue weighted by Crippen LogP contribution is 2.22. The van der Waals surface area contributed by atoms with Crippen molar-refractivity contribution in [3.05, 3.63) is 11.6 Å². The number of nitrogens with two attached hydrogens (primary N) is 1. The molecule has 1 unspecified atom stereocenters. The zero-order valence-electron chi connectivity index (χ0n) is 7.38. The lowest BCUT2D eigenvalue weighted by atomic mass is 9.90. The number of carbonyl (C=O) groups excluding carboxylic acids is 1. The maximum Gasteiger partial charge on any atom is 0.333 e. The summed E-state index contributed by atoms with van der Waals surface area (Å²) >= 11 is 0. The summed E-state index contributed by atoms with van der Waals surface area (Å²) in [7, 11) is 1.41. The number of rotatable bonds is 2. The molecule has 0 fully saturated rings. The van der Waals surface area contributed by atoms with Crippen molar-refractivity contribution in [3.8, 4) is 0 Å². The second-order valence-electron chi connectivity index (χ2n) is 3.10. The van der Waals surface area contributed by atoms with Gasteiger partial charge < -0.3 is 10.5 Å². The number of hydrogen-bond donors (Lipinski definition) is 1. The summed E-state index contributed by atoms with van der Waals surface area (Å²) < 4.78 is 4.62. The summed E-state index contributed by atoms with van der Waals surface area (Å²) in [5.74, 6) is 0.365. The van der Waals surface area contributed by atoms with Crippen molar-refractivity contribution in [3.63, 3.8) is 0 Å². The van der Waals surface area contributed by atoms with Gasteiger partial charge in [-0.25, -0.2) is 4.79 Å².